The van der Waals surface area contributed by atoms with Crippen LogP contribution in [0.1, 0.15) is 24.5 Å². The Morgan fingerprint density at radius 2 is 2.04 bits per heavy atom. The second kappa shape index (κ2) is 7.55. The first kappa shape index (κ1) is 17.3. The highest BCUT2D eigenvalue weighted by Gasteiger charge is 2.29. The highest BCUT2D eigenvalue weighted by atomic mass is 19.1. The Bertz CT molecular complexity index is 746. The Morgan fingerprint density at radius 3 is 2.76 bits per heavy atom. The summed E-state index contributed by atoms with van der Waals surface area (Å²) < 4.78 is 19.1. The quantitative estimate of drug-likeness (QED) is 0.905. The number of benzene rings is 2. The zero-order valence-corrected chi connectivity index (χ0v) is 14.6. The summed E-state index contributed by atoms with van der Waals surface area (Å²) in [5.41, 5.74) is 3.09. The lowest BCUT2D eigenvalue weighted by molar-refractivity contribution is -0.121. The van der Waals surface area contributed by atoms with E-state index in [0.29, 0.717) is 26.1 Å². The molecule has 0 bridgehead atoms. The lowest BCUT2D eigenvalue weighted by Crippen LogP contribution is -2.45. The van der Waals surface area contributed by atoms with Crippen molar-refractivity contribution in [3.05, 3.63) is 59.4 Å². The molecule has 3 rings (SSSR count). The van der Waals surface area contributed by atoms with E-state index in [2.05, 4.69) is 10.2 Å². The van der Waals surface area contributed by atoms with Crippen LogP contribution in [0, 0.1) is 12.7 Å². The molecule has 2 aromatic carbocycles. The van der Waals surface area contributed by atoms with E-state index in [1.165, 1.54) is 12.1 Å². The lowest BCUT2D eigenvalue weighted by atomic mass is 10.0. The van der Waals surface area contributed by atoms with Crippen molar-refractivity contribution < 1.29 is 13.9 Å². The molecule has 0 saturated heterocycles. The fourth-order valence-corrected chi connectivity index (χ4v) is 3.10. The van der Waals surface area contributed by atoms with Crippen molar-refractivity contribution in [2.75, 3.05) is 18.1 Å². The van der Waals surface area contributed by atoms with Gasteiger partial charge in [-0.05, 0) is 49.2 Å². The van der Waals surface area contributed by atoms with Crippen LogP contribution in [0.15, 0.2) is 42.5 Å². The Labute approximate surface area is 147 Å². The van der Waals surface area contributed by atoms with Gasteiger partial charge in [-0.15, -0.1) is 0 Å². The number of ether oxygens (including phenoxy) is 1. The van der Waals surface area contributed by atoms with E-state index in [1.807, 2.05) is 32.0 Å². The van der Waals surface area contributed by atoms with Crippen LogP contribution < -0.4 is 15.0 Å². The number of carbonyl (C=O) groups is 1. The molecule has 5 heteroatoms. The fraction of sp³-hybridized carbons (Fsp3) is 0.350. The number of fused-ring (bicyclic) bond motifs is 1. The van der Waals surface area contributed by atoms with Crippen LogP contribution in [-0.4, -0.2) is 25.1 Å². The van der Waals surface area contributed by atoms with Gasteiger partial charge >= 0.3 is 0 Å². The standard InChI is InChI=1S/C20H23FN2O2/c1-3-22-20(24)11-17-13-25-19-10-14(2)4-9-18(19)23(17)12-15-5-7-16(21)8-6-15/h4-10,17H,3,11-13H2,1-2H3,(H,22,24). The number of amides is 1. The summed E-state index contributed by atoms with van der Waals surface area (Å²) >= 11 is 0. The maximum atomic E-state index is 13.2. The first-order valence-corrected chi connectivity index (χ1v) is 8.58. The van der Waals surface area contributed by atoms with Crippen LogP contribution in [0.2, 0.25) is 0 Å². The van der Waals surface area contributed by atoms with Gasteiger partial charge in [0.25, 0.3) is 0 Å². The lowest BCUT2D eigenvalue weighted by Gasteiger charge is -2.38. The molecule has 0 radical (unpaired) electrons. The highest BCUT2D eigenvalue weighted by molar-refractivity contribution is 5.77. The molecule has 25 heavy (non-hydrogen) atoms. The summed E-state index contributed by atoms with van der Waals surface area (Å²) in [4.78, 5) is 14.3. The van der Waals surface area contributed by atoms with Gasteiger partial charge in [0.05, 0.1) is 18.2 Å². The van der Waals surface area contributed by atoms with E-state index in [0.717, 1.165) is 22.6 Å². The van der Waals surface area contributed by atoms with Gasteiger partial charge in [-0.3, -0.25) is 4.79 Å². The van der Waals surface area contributed by atoms with Gasteiger partial charge in [0.15, 0.2) is 0 Å². The number of rotatable bonds is 5. The van der Waals surface area contributed by atoms with Crippen LogP contribution >= 0.6 is 0 Å². The fourth-order valence-electron chi connectivity index (χ4n) is 3.10. The monoisotopic (exact) mass is 342 g/mol. The van der Waals surface area contributed by atoms with Crippen LogP contribution in [0.25, 0.3) is 0 Å². The number of aryl methyl sites for hydroxylation is 1. The minimum absolute atomic E-state index is 0.00997. The normalized spacial score (nSPS) is 16.1. The number of hydrogen-bond acceptors (Lipinski definition) is 3. The Hall–Kier alpha value is -2.56. The van der Waals surface area contributed by atoms with Gasteiger partial charge in [0.2, 0.25) is 5.91 Å². The molecule has 2 aromatic rings. The minimum Gasteiger partial charge on any atom is -0.489 e. The number of carbonyl (C=O) groups excluding carboxylic acids is 1. The summed E-state index contributed by atoms with van der Waals surface area (Å²) in [5.74, 6) is 0.589. The van der Waals surface area contributed by atoms with E-state index in [-0.39, 0.29) is 17.8 Å². The van der Waals surface area contributed by atoms with Crippen LogP contribution in [0.3, 0.4) is 0 Å². The SMILES string of the molecule is CCNC(=O)CC1COc2cc(C)ccc2N1Cc1ccc(F)cc1. The van der Waals surface area contributed by atoms with Crippen molar-refractivity contribution >= 4 is 11.6 Å². The summed E-state index contributed by atoms with van der Waals surface area (Å²) in [6.07, 6.45) is 0.363. The largest absolute Gasteiger partial charge is 0.489 e. The third kappa shape index (κ3) is 4.10. The van der Waals surface area contributed by atoms with E-state index >= 15 is 0 Å². The van der Waals surface area contributed by atoms with Crippen molar-refractivity contribution in [2.24, 2.45) is 0 Å². The molecule has 1 aliphatic heterocycles. The summed E-state index contributed by atoms with van der Waals surface area (Å²) in [7, 11) is 0. The number of anilines is 1. The molecule has 132 valence electrons. The molecule has 0 spiro atoms. The van der Waals surface area contributed by atoms with E-state index in [4.69, 9.17) is 4.74 Å². The molecular weight excluding hydrogens is 319 g/mol. The molecule has 1 aliphatic rings. The molecule has 1 heterocycles. The molecule has 1 unspecified atom stereocenters. The van der Waals surface area contributed by atoms with E-state index in [9.17, 15) is 9.18 Å². The Balaban J connectivity index is 1.88. The van der Waals surface area contributed by atoms with Gasteiger partial charge < -0.3 is 15.0 Å². The van der Waals surface area contributed by atoms with Crippen LogP contribution in [0.4, 0.5) is 10.1 Å². The number of nitrogens with one attached hydrogen (secondary N) is 1. The molecule has 1 atom stereocenters. The predicted octanol–water partition coefficient (Wildman–Crippen LogP) is 3.43. The van der Waals surface area contributed by atoms with Gasteiger partial charge in [-0.2, -0.15) is 0 Å². The van der Waals surface area contributed by atoms with Crippen LogP contribution in [-0.2, 0) is 11.3 Å². The first-order valence-electron chi connectivity index (χ1n) is 8.58. The molecule has 0 fully saturated rings. The minimum atomic E-state index is -0.249. The Morgan fingerprint density at radius 1 is 1.28 bits per heavy atom. The molecular formula is C20H23FN2O2. The molecule has 0 aromatic heterocycles. The number of nitrogens with zero attached hydrogens (tertiary/aromatic N) is 1. The second-order valence-electron chi connectivity index (χ2n) is 6.35. The third-order valence-electron chi connectivity index (χ3n) is 4.36. The van der Waals surface area contributed by atoms with Crippen LogP contribution in [0.5, 0.6) is 5.75 Å². The Kier molecular flexibility index (Phi) is 5.22. The number of hydrogen-bond donors (Lipinski definition) is 1. The topological polar surface area (TPSA) is 41.6 Å². The highest BCUT2D eigenvalue weighted by Crippen LogP contribution is 2.36. The number of halogens is 1. The van der Waals surface area contributed by atoms with Crippen molar-refractivity contribution in [3.63, 3.8) is 0 Å². The second-order valence-corrected chi connectivity index (χ2v) is 6.35. The maximum Gasteiger partial charge on any atom is 0.222 e. The summed E-state index contributed by atoms with van der Waals surface area (Å²) in [6.45, 7) is 5.59. The molecule has 4 nitrogen and oxygen atoms in total. The molecule has 0 aliphatic carbocycles. The first-order chi connectivity index (χ1) is 12.1. The predicted molar refractivity (Wildman–Crippen MR) is 96.3 cm³/mol. The molecule has 1 amide bonds. The summed E-state index contributed by atoms with van der Waals surface area (Å²) in [6, 6.07) is 12.5. The zero-order valence-electron chi connectivity index (χ0n) is 14.6. The summed E-state index contributed by atoms with van der Waals surface area (Å²) in [5, 5.41) is 2.85. The van der Waals surface area contributed by atoms with Gasteiger partial charge in [0.1, 0.15) is 18.2 Å². The van der Waals surface area contributed by atoms with E-state index < -0.39 is 0 Å². The van der Waals surface area contributed by atoms with Gasteiger partial charge in [0, 0.05) is 13.1 Å². The smallest absolute Gasteiger partial charge is 0.222 e. The average molecular weight is 342 g/mol. The average Bonchev–Trinajstić information content (AvgIpc) is 2.59. The third-order valence-corrected chi connectivity index (χ3v) is 4.36. The molecule has 1 N–H and O–H groups in total. The maximum absolute atomic E-state index is 13.2. The van der Waals surface area contributed by atoms with Crippen molar-refractivity contribution in [1.29, 1.82) is 0 Å². The zero-order chi connectivity index (χ0) is 17.8. The van der Waals surface area contributed by atoms with Crippen molar-refractivity contribution in [1.82, 2.24) is 5.32 Å². The van der Waals surface area contributed by atoms with Crippen molar-refractivity contribution in [3.8, 4) is 5.75 Å². The van der Waals surface area contributed by atoms with Gasteiger partial charge in [-0.25, -0.2) is 4.39 Å². The van der Waals surface area contributed by atoms with Gasteiger partial charge in [-0.1, -0.05) is 18.2 Å². The molecule has 0 saturated carbocycles. The van der Waals surface area contributed by atoms with E-state index in [1.54, 1.807) is 12.1 Å². The van der Waals surface area contributed by atoms with Crippen molar-refractivity contribution in [2.45, 2.75) is 32.9 Å².